The highest BCUT2D eigenvalue weighted by Gasteiger charge is 1.85. The second kappa shape index (κ2) is 6.59. The van der Waals surface area contributed by atoms with Crippen LogP contribution in [0, 0.1) is 6.92 Å². The molecule has 1 radical (unpaired) electrons. The van der Waals surface area contributed by atoms with Gasteiger partial charge in [-0.25, -0.2) is 0 Å². The maximum Gasteiger partial charge on any atom is 0.117 e. The van der Waals surface area contributed by atoms with E-state index in [9.17, 15) is 0 Å². The van der Waals surface area contributed by atoms with E-state index in [0.29, 0.717) is 0 Å². The van der Waals surface area contributed by atoms with Crippen LogP contribution in [0.3, 0.4) is 0 Å². The Kier molecular flexibility index (Phi) is 6.24. The molecule has 0 heterocycles. The van der Waals surface area contributed by atoms with E-state index in [1.807, 2.05) is 6.92 Å². The number of oxime groups is 1. The molecule has 0 rings (SSSR count). The van der Waals surface area contributed by atoms with Gasteiger partial charge in [0, 0.05) is 0 Å². The molecule has 0 spiro atoms. The molecule has 2 nitrogen and oxygen atoms in total. The normalized spacial score (nSPS) is 11.7. The highest BCUT2D eigenvalue weighted by atomic mass is 16.6. The molecule has 2 heteroatoms. The van der Waals surface area contributed by atoms with Crippen molar-refractivity contribution in [3.8, 4) is 0 Å². The quantitative estimate of drug-likeness (QED) is 0.328. The molecule has 0 saturated carbocycles. The molecule has 0 aliphatic heterocycles. The molecule has 0 saturated heterocycles. The van der Waals surface area contributed by atoms with Crippen molar-refractivity contribution >= 4 is 5.71 Å². The molecule has 0 aromatic heterocycles. The zero-order chi connectivity index (χ0) is 7.82. The van der Waals surface area contributed by atoms with E-state index >= 15 is 0 Å². The average Bonchev–Trinajstić information content (AvgIpc) is 1.98. The van der Waals surface area contributed by atoms with E-state index in [1.54, 1.807) is 0 Å². The minimum Gasteiger partial charge on any atom is -0.396 e. The number of hydrogen-bond donors (Lipinski definition) is 0. The molecule has 0 fully saturated rings. The Hall–Kier alpha value is -0.530. The highest BCUT2D eigenvalue weighted by Crippen LogP contribution is 1.90. The van der Waals surface area contributed by atoms with Gasteiger partial charge in [0.15, 0.2) is 0 Å². The smallest absolute Gasteiger partial charge is 0.117 e. The highest BCUT2D eigenvalue weighted by molar-refractivity contribution is 5.81. The summed E-state index contributed by atoms with van der Waals surface area (Å²) in [5, 5.41) is 3.83. The molecule has 0 atom stereocenters. The first-order valence-electron chi connectivity index (χ1n) is 3.76. The van der Waals surface area contributed by atoms with Crippen molar-refractivity contribution in [2.75, 3.05) is 6.61 Å². The van der Waals surface area contributed by atoms with Gasteiger partial charge in [0.25, 0.3) is 0 Å². The fourth-order valence-electron chi connectivity index (χ4n) is 0.410. The minimum atomic E-state index is 0.728. The third kappa shape index (κ3) is 5.60. The van der Waals surface area contributed by atoms with Crippen LogP contribution in [0.4, 0.5) is 0 Å². The first-order chi connectivity index (χ1) is 4.81. The van der Waals surface area contributed by atoms with Crippen molar-refractivity contribution in [2.45, 2.75) is 33.1 Å². The van der Waals surface area contributed by atoms with Crippen molar-refractivity contribution in [2.24, 2.45) is 5.16 Å². The van der Waals surface area contributed by atoms with Crippen LogP contribution >= 0.6 is 0 Å². The Morgan fingerprint density at radius 3 is 2.80 bits per heavy atom. The first kappa shape index (κ1) is 9.47. The molecule has 0 aromatic carbocycles. The predicted octanol–water partition coefficient (Wildman–Crippen LogP) is 2.40. The number of rotatable bonds is 5. The topological polar surface area (TPSA) is 21.6 Å². The Morgan fingerprint density at radius 2 is 2.30 bits per heavy atom. The van der Waals surface area contributed by atoms with Gasteiger partial charge in [-0.3, -0.25) is 0 Å². The van der Waals surface area contributed by atoms with E-state index in [4.69, 9.17) is 4.84 Å². The van der Waals surface area contributed by atoms with E-state index in [-0.39, 0.29) is 0 Å². The fourth-order valence-corrected chi connectivity index (χ4v) is 0.410. The lowest BCUT2D eigenvalue weighted by molar-refractivity contribution is 0.140. The lowest BCUT2D eigenvalue weighted by atomic mass is 10.3. The second-order valence-corrected chi connectivity index (χ2v) is 2.26. The average molecular weight is 142 g/mol. The molecule has 0 aliphatic rings. The monoisotopic (exact) mass is 142 g/mol. The molecule has 10 heavy (non-hydrogen) atoms. The van der Waals surface area contributed by atoms with Crippen LogP contribution in [0.25, 0.3) is 0 Å². The van der Waals surface area contributed by atoms with Gasteiger partial charge in [-0.1, -0.05) is 18.5 Å². The van der Waals surface area contributed by atoms with Gasteiger partial charge >= 0.3 is 0 Å². The maximum absolute atomic E-state index is 4.97. The van der Waals surface area contributed by atoms with Crippen molar-refractivity contribution in [1.29, 1.82) is 0 Å². The van der Waals surface area contributed by atoms with E-state index in [0.717, 1.165) is 31.6 Å². The summed E-state index contributed by atoms with van der Waals surface area (Å²) in [4.78, 5) is 4.97. The predicted molar refractivity (Wildman–Crippen MR) is 43.9 cm³/mol. The first-order valence-corrected chi connectivity index (χ1v) is 3.76. The van der Waals surface area contributed by atoms with Crippen molar-refractivity contribution in [1.82, 2.24) is 0 Å². The van der Waals surface area contributed by atoms with Gasteiger partial charge in [-0.15, -0.1) is 0 Å². The van der Waals surface area contributed by atoms with Crippen LogP contribution in [0.15, 0.2) is 5.16 Å². The van der Waals surface area contributed by atoms with Crippen LogP contribution in [-0.4, -0.2) is 12.3 Å². The molecule has 0 amide bonds. The van der Waals surface area contributed by atoms with Crippen LogP contribution in [0.1, 0.15) is 33.1 Å². The van der Waals surface area contributed by atoms with E-state index in [2.05, 4.69) is 19.0 Å². The lowest BCUT2D eigenvalue weighted by Crippen LogP contribution is -1.92. The maximum atomic E-state index is 4.97. The molecule has 0 bridgehead atoms. The fraction of sp³-hybridized carbons (Fsp3) is 0.750. The molecular weight excluding hydrogens is 126 g/mol. The molecule has 0 aliphatic carbocycles. The molecule has 0 aromatic rings. The summed E-state index contributed by atoms with van der Waals surface area (Å²) in [6.07, 6.45) is 2.96. The van der Waals surface area contributed by atoms with Gasteiger partial charge in [-0.2, -0.15) is 0 Å². The Balaban J connectivity index is 3.16. The summed E-state index contributed by atoms with van der Waals surface area (Å²) in [6.45, 7) is 8.45. The summed E-state index contributed by atoms with van der Waals surface area (Å²) in [5.41, 5.74) is 0.955. The summed E-state index contributed by atoms with van der Waals surface area (Å²) >= 11 is 0. The van der Waals surface area contributed by atoms with Gasteiger partial charge in [-0.05, 0) is 26.7 Å². The third-order valence-corrected chi connectivity index (χ3v) is 1.17. The van der Waals surface area contributed by atoms with Gasteiger partial charge in [0.1, 0.15) is 6.61 Å². The van der Waals surface area contributed by atoms with Crippen LogP contribution in [0.5, 0.6) is 0 Å². The van der Waals surface area contributed by atoms with Crippen molar-refractivity contribution in [3.05, 3.63) is 6.92 Å². The summed E-state index contributed by atoms with van der Waals surface area (Å²) in [7, 11) is 0. The summed E-state index contributed by atoms with van der Waals surface area (Å²) in [5.74, 6) is 0. The van der Waals surface area contributed by atoms with Crippen LogP contribution in [-0.2, 0) is 4.84 Å². The minimum absolute atomic E-state index is 0.728. The molecule has 0 unspecified atom stereocenters. The molecular formula is C8H16NO. The summed E-state index contributed by atoms with van der Waals surface area (Å²) in [6, 6.07) is 0. The Labute approximate surface area is 63.3 Å². The zero-order valence-corrected chi connectivity index (χ0v) is 6.89. The number of hydrogen-bond acceptors (Lipinski definition) is 2. The zero-order valence-electron chi connectivity index (χ0n) is 6.89. The number of nitrogens with zero attached hydrogens (tertiary/aromatic N) is 1. The van der Waals surface area contributed by atoms with Crippen molar-refractivity contribution < 1.29 is 4.84 Å². The van der Waals surface area contributed by atoms with Crippen LogP contribution in [0.2, 0.25) is 0 Å². The standard InChI is InChI=1S/C8H16NO/c1-4-6-7-10-9-8(3)5-2/h2,4-7H2,1,3H3. The van der Waals surface area contributed by atoms with E-state index in [1.165, 1.54) is 0 Å². The van der Waals surface area contributed by atoms with E-state index < -0.39 is 0 Å². The molecule has 0 N–H and O–H groups in total. The van der Waals surface area contributed by atoms with Gasteiger partial charge in [0.2, 0.25) is 0 Å². The van der Waals surface area contributed by atoms with Crippen LogP contribution < -0.4 is 0 Å². The van der Waals surface area contributed by atoms with Crippen molar-refractivity contribution in [3.63, 3.8) is 0 Å². The lowest BCUT2D eigenvalue weighted by Gasteiger charge is -1.97. The molecule has 59 valence electrons. The van der Waals surface area contributed by atoms with Gasteiger partial charge < -0.3 is 4.84 Å². The summed E-state index contributed by atoms with van der Waals surface area (Å²) < 4.78 is 0. The Bertz CT molecular complexity index is 99.4. The van der Waals surface area contributed by atoms with Gasteiger partial charge in [0.05, 0.1) is 5.71 Å². The largest absolute Gasteiger partial charge is 0.396 e. The third-order valence-electron chi connectivity index (χ3n) is 1.17. The number of unbranched alkanes of at least 4 members (excludes halogenated alkanes) is 1. The second-order valence-electron chi connectivity index (χ2n) is 2.26. The Morgan fingerprint density at radius 1 is 1.60 bits per heavy atom. The SMILES string of the molecule is [CH2]CC(C)=NOCCCC.